The maximum atomic E-state index is 11.7. The average molecular weight is 341 g/mol. The van der Waals surface area contributed by atoms with Gasteiger partial charge in [-0.05, 0) is 34.1 Å². The molecule has 0 unspecified atom stereocenters. The number of anilines is 1. The number of rotatable bonds is 5. The standard InChI is InChI=1S/C13H13BrN2O2S/c14-12-6-9(8-19-12)13(17)16-4-5-18-11-3-1-2-10(15)7-11/h1-3,6-8H,4-5,15H2,(H,16,17). The highest BCUT2D eigenvalue weighted by Gasteiger charge is 2.06. The Balaban J connectivity index is 1.74. The molecule has 100 valence electrons. The first kappa shape index (κ1) is 13.9. The highest BCUT2D eigenvalue weighted by atomic mass is 79.9. The number of hydrogen-bond acceptors (Lipinski definition) is 4. The molecule has 3 N–H and O–H groups in total. The van der Waals surface area contributed by atoms with E-state index >= 15 is 0 Å². The molecule has 0 saturated carbocycles. The van der Waals surface area contributed by atoms with Crippen LogP contribution < -0.4 is 15.8 Å². The summed E-state index contributed by atoms with van der Waals surface area (Å²) in [5, 5.41) is 4.59. The average Bonchev–Trinajstić information content (AvgIpc) is 2.81. The summed E-state index contributed by atoms with van der Waals surface area (Å²) in [6, 6.07) is 8.99. The van der Waals surface area contributed by atoms with E-state index in [4.69, 9.17) is 10.5 Å². The number of amides is 1. The van der Waals surface area contributed by atoms with Gasteiger partial charge in [-0.15, -0.1) is 11.3 Å². The Labute approximate surface area is 123 Å². The van der Waals surface area contributed by atoms with Crippen molar-refractivity contribution in [1.29, 1.82) is 0 Å². The number of hydrogen-bond donors (Lipinski definition) is 2. The van der Waals surface area contributed by atoms with Crippen molar-refractivity contribution in [3.63, 3.8) is 0 Å². The minimum absolute atomic E-state index is 0.0990. The number of carbonyl (C=O) groups is 1. The van der Waals surface area contributed by atoms with Crippen LogP contribution >= 0.6 is 27.3 Å². The summed E-state index contributed by atoms with van der Waals surface area (Å²) in [7, 11) is 0. The van der Waals surface area contributed by atoms with E-state index in [9.17, 15) is 4.79 Å². The lowest BCUT2D eigenvalue weighted by Crippen LogP contribution is -2.27. The zero-order valence-electron chi connectivity index (χ0n) is 10.1. The lowest BCUT2D eigenvalue weighted by molar-refractivity contribution is 0.0947. The van der Waals surface area contributed by atoms with Crippen LogP contribution in [0.5, 0.6) is 5.75 Å². The number of carbonyl (C=O) groups excluding carboxylic acids is 1. The van der Waals surface area contributed by atoms with E-state index in [1.165, 1.54) is 11.3 Å². The molecule has 1 heterocycles. The molecule has 0 atom stereocenters. The number of ether oxygens (including phenoxy) is 1. The van der Waals surface area contributed by atoms with Crippen molar-refractivity contribution in [3.8, 4) is 5.75 Å². The van der Waals surface area contributed by atoms with Crippen molar-refractivity contribution in [1.82, 2.24) is 5.32 Å². The fourth-order valence-corrected chi connectivity index (χ4v) is 2.61. The van der Waals surface area contributed by atoms with Gasteiger partial charge in [-0.25, -0.2) is 0 Å². The van der Waals surface area contributed by atoms with E-state index in [-0.39, 0.29) is 5.91 Å². The molecule has 0 aliphatic heterocycles. The van der Waals surface area contributed by atoms with Gasteiger partial charge in [0.25, 0.3) is 5.91 Å². The van der Waals surface area contributed by atoms with Gasteiger partial charge in [0.1, 0.15) is 12.4 Å². The monoisotopic (exact) mass is 340 g/mol. The maximum absolute atomic E-state index is 11.7. The number of halogens is 1. The first-order valence-corrected chi connectivity index (χ1v) is 7.33. The van der Waals surface area contributed by atoms with Crippen molar-refractivity contribution in [2.24, 2.45) is 0 Å². The molecule has 6 heteroatoms. The zero-order chi connectivity index (χ0) is 13.7. The van der Waals surface area contributed by atoms with Crippen LogP contribution in [0.15, 0.2) is 39.5 Å². The third-order valence-electron chi connectivity index (χ3n) is 2.34. The Kier molecular flexibility index (Phi) is 4.81. The molecule has 1 aromatic heterocycles. The van der Waals surface area contributed by atoms with E-state index in [1.807, 2.05) is 12.1 Å². The summed E-state index contributed by atoms with van der Waals surface area (Å²) in [6.45, 7) is 0.849. The Bertz CT molecular complexity index is 571. The summed E-state index contributed by atoms with van der Waals surface area (Å²) in [5.41, 5.74) is 6.95. The van der Waals surface area contributed by atoms with E-state index < -0.39 is 0 Å². The summed E-state index contributed by atoms with van der Waals surface area (Å²) >= 11 is 4.80. The predicted octanol–water partition coefficient (Wildman–Crippen LogP) is 2.90. The summed E-state index contributed by atoms with van der Waals surface area (Å²) < 4.78 is 6.42. The van der Waals surface area contributed by atoms with E-state index in [0.29, 0.717) is 30.2 Å². The van der Waals surface area contributed by atoms with Crippen LogP contribution in [0.2, 0.25) is 0 Å². The van der Waals surface area contributed by atoms with Gasteiger partial charge in [0.15, 0.2) is 0 Å². The van der Waals surface area contributed by atoms with Crippen molar-refractivity contribution in [3.05, 3.63) is 45.1 Å². The molecule has 19 heavy (non-hydrogen) atoms. The molecule has 0 aliphatic carbocycles. The second kappa shape index (κ2) is 6.58. The summed E-state index contributed by atoms with van der Waals surface area (Å²) in [5.74, 6) is 0.602. The second-order valence-corrected chi connectivity index (χ2v) is 6.11. The molecule has 2 rings (SSSR count). The molecule has 2 aromatic rings. The van der Waals surface area contributed by atoms with Crippen LogP contribution in [-0.4, -0.2) is 19.1 Å². The quantitative estimate of drug-likeness (QED) is 0.649. The molecule has 0 fully saturated rings. The fraction of sp³-hybridized carbons (Fsp3) is 0.154. The van der Waals surface area contributed by atoms with Crippen LogP contribution in [0, 0.1) is 0 Å². The molecule has 1 aromatic carbocycles. The molecule has 1 amide bonds. The van der Waals surface area contributed by atoms with Gasteiger partial charge in [-0.3, -0.25) is 4.79 Å². The summed E-state index contributed by atoms with van der Waals surface area (Å²) in [4.78, 5) is 11.7. The smallest absolute Gasteiger partial charge is 0.252 e. The molecule has 0 saturated heterocycles. The molecule has 0 bridgehead atoms. The van der Waals surface area contributed by atoms with Gasteiger partial charge in [0, 0.05) is 17.1 Å². The normalized spacial score (nSPS) is 10.2. The molecule has 0 radical (unpaired) electrons. The lowest BCUT2D eigenvalue weighted by atomic mass is 10.3. The molecule has 4 nitrogen and oxygen atoms in total. The van der Waals surface area contributed by atoms with Crippen molar-refractivity contribution in [2.45, 2.75) is 0 Å². The van der Waals surface area contributed by atoms with Crippen molar-refractivity contribution >= 4 is 38.9 Å². The van der Waals surface area contributed by atoms with Gasteiger partial charge in [0.05, 0.1) is 15.9 Å². The van der Waals surface area contributed by atoms with Crippen LogP contribution in [0.25, 0.3) is 0 Å². The predicted molar refractivity (Wildman–Crippen MR) is 80.7 cm³/mol. The van der Waals surface area contributed by atoms with Crippen LogP contribution in [0.4, 0.5) is 5.69 Å². The molecule has 0 aliphatic rings. The van der Waals surface area contributed by atoms with Gasteiger partial charge in [0.2, 0.25) is 0 Å². The third kappa shape index (κ3) is 4.25. The van der Waals surface area contributed by atoms with Gasteiger partial charge >= 0.3 is 0 Å². The fourth-order valence-electron chi connectivity index (χ4n) is 1.47. The maximum Gasteiger partial charge on any atom is 0.252 e. The van der Waals surface area contributed by atoms with Crippen LogP contribution in [0.3, 0.4) is 0 Å². The molecular weight excluding hydrogens is 328 g/mol. The molecule has 0 spiro atoms. The highest BCUT2D eigenvalue weighted by Crippen LogP contribution is 2.20. The first-order valence-electron chi connectivity index (χ1n) is 5.66. The lowest BCUT2D eigenvalue weighted by Gasteiger charge is -2.07. The number of benzene rings is 1. The number of nitrogens with one attached hydrogen (secondary N) is 1. The Morgan fingerprint density at radius 1 is 1.42 bits per heavy atom. The number of nitrogen functional groups attached to an aromatic ring is 1. The van der Waals surface area contributed by atoms with Crippen molar-refractivity contribution < 1.29 is 9.53 Å². The number of nitrogens with two attached hydrogens (primary N) is 1. The van der Waals surface area contributed by atoms with Gasteiger partial charge in [-0.2, -0.15) is 0 Å². The van der Waals surface area contributed by atoms with E-state index in [1.54, 1.807) is 23.6 Å². The third-order valence-corrected chi connectivity index (χ3v) is 3.85. The second-order valence-electron chi connectivity index (χ2n) is 3.82. The largest absolute Gasteiger partial charge is 0.492 e. The minimum atomic E-state index is -0.0990. The Morgan fingerprint density at radius 3 is 2.95 bits per heavy atom. The molecular formula is C13H13BrN2O2S. The van der Waals surface area contributed by atoms with Gasteiger partial charge in [-0.1, -0.05) is 6.07 Å². The van der Waals surface area contributed by atoms with E-state index in [0.717, 1.165) is 3.79 Å². The number of thiophene rings is 1. The first-order chi connectivity index (χ1) is 9.15. The van der Waals surface area contributed by atoms with Crippen molar-refractivity contribution in [2.75, 3.05) is 18.9 Å². The summed E-state index contributed by atoms with van der Waals surface area (Å²) in [6.07, 6.45) is 0. The van der Waals surface area contributed by atoms with Crippen LogP contribution in [0.1, 0.15) is 10.4 Å². The highest BCUT2D eigenvalue weighted by molar-refractivity contribution is 9.11. The van der Waals surface area contributed by atoms with Crippen LogP contribution in [-0.2, 0) is 0 Å². The Hall–Kier alpha value is -1.53. The van der Waals surface area contributed by atoms with Gasteiger partial charge < -0.3 is 15.8 Å². The zero-order valence-corrected chi connectivity index (χ0v) is 12.5. The SMILES string of the molecule is Nc1cccc(OCCNC(=O)c2csc(Br)c2)c1. The van der Waals surface area contributed by atoms with E-state index in [2.05, 4.69) is 21.2 Å². The topological polar surface area (TPSA) is 64.3 Å². The minimum Gasteiger partial charge on any atom is -0.492 e. The Morgan fingerprint density at radius 2 is 2.26 bits per heavy atom.